The van der Waals surface area contributed by atoms with E-state index in [4.69, 9.17) is 0 Å². The van der Waals surface area contributed by atoms with Crippen LogP contribution in [-0.4, -0.2) is 98.2 Å². The Kier molecular flexibility index (Phi) is 5.96. The average molecular weight is 542 g/mol. The van der Waals surface area contributed by atoms with Crippen LogP contribution in [0.2, 0.25) is 0 Å². The lowest BCUT2D eigenvalue weighted by Gasteiger charge is -2.43. The van der Waals surface area contributed by atoms with Gasteiger partial charge in [-0.05, 0) is 37.5 Å². The van der Waals surface area contributed by atoms with E-state index < -0.39 is 30.2 Å². The molecule has 5 heterocycles. The molecule has 13 heteroatoms. The van der Waals surface area contributed by atoms with Gasteiger partial charge >= 0.3 is 6.18 Å². The minimum Gasteiger partial charge on any atom is -0.339 e. The van der Waals surface area contributed by atoms with Crippen molar-refractivity contribution in [3.8, 4) is 0 Å². The maximum Gasteiger partial charge on any atom is 0.406 e. The van der Waals surface area contributed by atoms with Gasteiger partial charge in [0.15, 0.2) is 5.65 Å². The topological polar surface area (TPSA) is 106 Å². The molecule has 3 aromatic rings. The number of anilines is 1. The van der Waals surface area contributed by atoms with E-state index in [2.05, 4.69) is 15.2 Å². The van der Waals surface area contributed by atoms with Gasteiger partial charge in [-0.1, -0.05) is 18.2 Å². The smallest absolute Gasteiger partial charge is 0.339 e. The van der Waals surface area contributed by atoms with E-state index in [0.717, 1.165) is 10.6 Å². The number of carbonyl (C=O) groups excluding carboxylic acids is 3. The van der Waals surface area contributed by atoms with Crippen LogP contribution in [0.25, 0.3) is 11.0 Å². The summed E-state index contributed by atoms with van der Waals surface area (Å²) in [5, 5.41) is 7.40. The van der Waals surface area contributed by atoms with Crippen LogP contribution in [0.5, 0.6) is 0 Å². The number of fused-ring (bicyclic) bond motifs is 1. The third kappa shape index (κ3) is 4.35. The second kappa shape index (κ2) is 9.24. The average Bonchev–Trinajstić information content (AvgIpc) is 3.61. The Bertz CT molecular complexity index is 1420. The van der Waals surface area contributed by atoms with Gasteiger partial charge in [0.25, 0.3) is 11.8 Å². The number of hydrogen-bond acceptors (Lipinski definition) is 6. The molecule has 1 aromatic carbocycles. The van der Waals surface area contributed by atoms with Gasteiger partial charge in [-0.2, -0.15) is 18.3 Å². The van der Waals surface area contributed by atoms with Gasteiger partial charge < -0.3 is 19.6 Å². The Balaban J connectivity index is 1.24. The fourth-order valence-electron chi connectivity index (χ4n) is 6.00. The molecule has 0 saturated carbocycles. The number of alkyl halides is 3. The van der Waals surface area contributed by atoms with Gasteiger partial charge in [0.1, 0.15) is 18.1 Å². The first-order valence-electron chi connectivity index (χ1n) is 12.7. The second-order valence-corrected chi connectivity index (χ2v) is 10.2. The Morgan fingerprint density at radius 2 is 1.82 bits per heavy atom. The van der Waals surface area contributed by atoms with Gasteiger partial charge in [-0.25, -0.2) is 4.98 Å². The molecule has 0 bridgehead atoms. The van der Waals surface area contributed by atoms with Crippen LogP contribution in [0.4, 0.5) is 18.9 Å². The summed E-state index contributed by atoms with van der Waals surface area (Å²) in [6.07, 6.45) is -0.644. The summed E-state index contributed by atoms with van der Waals surface area (Å²) in [6, 6.07) is 10.1. The molecule has 3 aliphatic heterocycles. The van der Waals surface area contributed by atoms with E-state index in [1.807, 2.05) is 35.2 Å². The van der Waals surface area contributed by atoms with Gasteiger partial charge in [0.2, 0.25) is 5.91 Å². The number of likely N-dealkylation sites (tertiary alicyclic amines) is 2. The Hall–Kier alpha value is -4.16. The minimum atomic E-state index is -4.51. The number of benzene rings is 1. The third-order valence-corrected chi connectivity index (χ3v) is 7.97. The third-order valence-electron chi connectivity index (χ3n) is 7.97. The van der Waals surface area contributed by atoms with E-state index in [9.17, 15) is 27.6 Å². The zero-order valence-electron chi connectivity index (χ0n) is 20.9. The van der Waals surface area contributed by atoms with Crippen LogP contribution in [-0.2, 0) is 9.59 Å². The van der Waals surface area contributed by atoms with E-state index >= 15 is 0 Å². The Morgan fingerprint density at radius 3 is 2.54 bits per heavy atom. The molecule has 3 aliphatic rings. The van der Waals surface area contributed by atoms with Gasteiger partial charge in [-0.3, -0.25) is 19.5 Å². The number of amides is 3. The molecule has 0 unspecified atom stereocenters. The largest absolute Gasteiger partial charge is 0.406 e. The lowest BCUT2D eigenvalue weighted by atomic mass is 9.85. The summed E-state index contributed by atoms with van der Waals surface area (Å²) in [5.41, 5.74) is 0.762. The molecule has 3 fully saturated rings. The molecule has 39 heavy (non-hydrogen) atoms. The van der Waals surface area contributed by atoms with E-state index in [1.165, 1.54) is 11.1 Å². The zero-order valence-corrected chi connectivity index (χ0v) is 20.9. The lowest BCUT2D eigenvalue weighted by molar-refractivity contribution is -0.159. The number of pyridine rings is 1. The number of nitrogens with one attached hydrogen (secondary N) is 1. The molecule has 2 aromatic heterocycles. The van der Waals surface area contributed by atoms with Crippen molar-refractivity contribution in [1.82, 2.24) is 29.9 Å². The van der Waals surface area contributed by atoms with Gasteiger partial charge in [-0.15, -0.1) is 0 Å². The predicted octanol–water partition coefficient (Wildman–Crippen LogP) is 2.40. The van der Waals surface area contributed by atoms with Crippen molar-refractivity contribution in [2.45, 2.75) is 37.0 Å². The normalized spacial score (nSPS) is 21.6. The number of rotatable bonds is 4. The van der Waals surface area contributed by atoms with Crippen LogP contribution >= 0.6 is 0 Å². The lowest BCUT2D eigenvalue weighted by Crippen LogP contribution is -2.57. The summed E-state index contributed by atoms with van der Waals surface area (Å²) in [5.74, 6) is -1.17. The molecule has 6 rings (SSSR count). The molecule has 1 atom stereocenters. The minimum absolute atomic E-state index is 0.0531. The molecule has 3 amide bonds. The van der Waals surface area contributed by atoms with Crippen LogP contribution in [0.1, 0.15) is 29.6 Å². The molecule has 3 saturated heterocycles. The van der Waals surface area contributed by atoms with Crippen molar-refractivity contribution in [1.29, 1.82) is 0 Å². The molecular formula is C26H26F3N7O3. The highest BCUT2D eigenvalue weighted by atomic mass is 19.4. The Morgan fingerprint density at radius 1 is 1.08 bits per heavy atom. The predicted molar refractivity (Wildman–Crippen MR) is 133 cm³/mol. The van der Waals surface area contributed by atoms with Crippen molar-refractivity contribution in [2.75, 3.05) is 37.7 Å². The fraction of sp³-hybridized carbons (Fsp3) is 0.423. The number of aromatic nitrogens is 3. The quantitative estimate of drug-likeness (QED) is 0.544. The van der Waals surface area contributed by atoms with Crippen molar-refractivity contribution in [3.63, 3.8) is 0 Å². The van der Waals surface area contributed by atoms with Crippen LogP contribution in [0, 0.1) is 0 Å². The van der Waals surface area contributed by atoms with E-state index in [1.54, 1.807) is 17.2 Å². The highest BCUT2D eigenvalue weighted by molar-refractivity contribution is 5.99. The van der Waals surface area contributed by atoms with Crippen molar-refractivity contribution >= 4 is 34.4 Å². The number of piperidine rings is 1. The molecule has 1 N–H and O–H groups in total. The monoisotopic (exact) mass is 541 g/mol. The SMILES string of the molecule is O=C(c1cnc2[nH]ncc2c1)N1CCC2(CC1)C(=O)N([C@@H]1CCN(CC(F)(F)F)C1=O)CN2c1ccccc1. The highest BCUT2D eigenvalue weighted by Crippen LogP contribution is 2.41. The molecule has 0 radical (unpaired) electrons. The van der Waals surface area contributed by atoms with Crippen molar-refractivity contribution in [3.05, 3.63) is 54.4 Å². The summed E-state index contributed by atoms with van der Waals surface area (Å²) >= 11 is 0. The van der Waals surface area contributed by atoms with Gasteiger partial charge in [0, 0.05) is 36.9 Å². The summed E-state index contributed by atoms with van der Waals surface area (Å²) in [6.45, 7) is -0.695. The van der Waals surface area contributed by atoms with Crippen LogP contribution in [0.15, 0.2) is 48.8 Å². The zero-order chi connectivity index (χ0) is 27.4. The summed E-state index contributed by atoms with van der Waals surface area (Å²) < 4.78 is 39.0. The number of aromatic amines is 1. The number of carbonyl (C=O) groups is 3. The number of H-pyrrole nitrogens is 1. The molecule has 204 valence electrons. The number of nitrogens with zero attached hydrogens (tertiary/aromatic N) is 6. The molecule has 0 aliphatic carbocycles. The molecule has 1 spiro atoms. The standard InChI is InChI=1S/C26H26F3N7O3/c27-26(28,29)15-34-9-6-20(23(34)38)35-16-36(19-4-2-1-3-5-19)25(24(35)39)7-10-33(11-8-25)22(37)18-12-17-14-31-32-21(17)30-13-18/h1-5,12-14,20H,6-11,15-16H2,(H,30,31,32)/t20-/m1/s1. The van der Waals surface area contributed by atoms with E-state index in [-0.39, 0.29) is 31.4 Å². The van der Waals surface area contributed by atoms with Crippen molar-refractivity contribution in [2.24, 2.45) is 0 Å². The summed E-state index contributed by atoms with van der Waals surface area (Å²) in [7, 11) is 0. The summed E-state index contributed by atoms with van der Waals surface area (Å²) in [4.78, 5) is 50.3. The first-order chi connectivity index (χ1) is 18.7. The Labute approximate surface area is 221 Å². The maximum absolute atomic E-state index is 14.0. The molecule has 10 nitrogen and oxygen atoms in total. The van der Waals surface area contributed by atoms with Crippen LogP contribution in [0.3, 0.4) is 0 Å². The second-order valence-electron chi connectivity index (χ2n) is 10.2. The fourth-order valence-corrected chi connectivity index (χ4v) is 6.00. The van der Waals surface area contributed by atoms with Crippen LogP contribution < -0.4 is 4.90 Å². The van der Waals surface area contributed by atoms with E-state index in [0.29, 0.717) is 42.5 Å². The number of halogens is 3. The highest BCUT2D eigenvalue weighted by Gasteiger charge is 2.57. The molecular weight excluding hydrogens is 515 g/mol. The van der Waals surface area contributed by atoms with Crippen molar-refractivity contribution < 1.29 is 27.6 Å². The number of hydrogen-bond donors (Lipinski definition) is 1. The maximum atomic E-state index is 14.0. The van der Waals surface area contributed by atoms with Gasteiger partial charge in [0.05, 0.1) is 18.4 Å². The number of para-hydroxylation sites is 1. The first-order valence-corrected chi connectivity index (χ1v) is 12.7. The first kappa shape index (κ1) is 25.1.